The topological polar surface area (TPSA) is 74.6 Å². The second-order valence-electron chi connectivity index (χ2n) is 2.88. The summed E-state index contributed by atoms with van der Waals surface area (Å²) in [6.07, 6.45) is 1.04. The summed E-state index contributed by atoms with van der Waals surface area (Å²) in [6, 6.07) is 0. The molecule has 4 nitrogen and oxygen atoms in total. The van der Waals surface area contributed by atoms with E-state index in [2.05, 4.69) is 0 Å². The summed E-state index contributed by atoms with van der Waals surface area (Å²) in [7, 11) is -4.28. The minimum atomic E-state index is -2.14. The molecule has 0 amide bonds. The third-order valence-electron chi connectivity index (χ3n) is 1.76. The predicted octanol–water partition coefficient (Wildman–Crippen LogP) is 2.01. The summed E-state index contributed by atoms with van der Waals surface area (Å²) >= 11 is 0. The Labute approximate surface area is 92.6 Å². The summed E-state index contributed by atoms with van der Waals surface area (Å²) < 4.78 is 21.0. The van der Waals surface area contributed by atoms with E-state index in [0.717, 1.165) is 0 Å². The van der Waals surface area contributed by atoms with Crippen molar-refractivity contribution >= 4 is 16.1 Å². The Balaban J connectivity index is 0. The van der Waals surface area contributed by atoms with Gasteiger partial charge in [-0.05, 0) is 23.0 Å². The van der Waals surface area contributed by atoms with Crippen molar-refractivity contribution in [1.29, 1.82) is 0 Å². The minimum Gasteiger partial charge on any atom is -0.161 e. The molecule has 13 heavy (non-hydrogen) atoms. The van der Waals surface area contributed by atoms with Gasteiger partial charge in [-0.25, -0.2) is 0 Å². The van der Waals surface area contributed by atoms with E-state index in [0.29, 0.717) is 12.8 Å². The van der Waals surface area contributed by atoms with Gasteiger partial charge in [0.05, 0.1) is 0 Å². The van der Waals surface area contributed by atoms with Gasteiger partial charge in [-0.2, -0.15) is 9.79 Å². The Hall–Kier alpha value is 0.743. The Morgan fingerprint density at radius 1 is 1.00 bits per heavy atom. The quantitative estimate of drug-likeness (QED) is 0.595. The second-order valence-corrected chi connectivity index (χ2v) is 5.85. The van der Waals surface area contributed by atoms with Crippen molar-refractivity contribution in [1.82, 2.24) is 0 Å². The molecule has 4 unspecified atom stereocenters. The Bertz CT molecular complexity index is 167. The van der Waals surface area contributed by atoms with E-state index in [1.165, 1.54) is 0 Å². The summed E-state index contributed by atoms with van der Waals surface area (Å²) in [5.41, 5.74) is -0.560. The van der Waals surface area contributed by atoms with E-state index < -0.39 is 16.1 Å². The maximum absolute atomic E-state index is 10.5. The van der Waals surface area contributed by atoms with Crippen LogP contribution in [0.4, 0.5) is 0 Å². The van der Waals surface area contributed by atoms with E-state index >= 15 is 0 Å². The molecule has 0 heterocycles. The van der Waals surface area contributed by atoms with Crippen LogP contribution in [-0.4, -0.2) is 21.1 Å². The van der Waals surface area contributed by atoms with Gasteiger partial charge in [0.2, 0.25) is 0 Å². The van der Waals surface area contributed by atoms with Crippen molar-refractivity contribution in [2.24, 2.45) is 0 Å². The van der Waals surface area contributed by atoms with E-state index in [9.17, 15) is 9.13 Å². The van der Waals surface area contributed by atoms with Gasteiger partial charge in [0, 0.05) is 32.3 Å². The molecule has 0 aliphatic heterocycles. The maximum Gasteiger partial charge on any atom is 0.508 e. The standard InChI is InChI=1S/C6H12O4P2.Zn/c1-5(11(7)8)3-4-6(2)12(9)10;/h5-6H,3-4H2,1-2H3;/p+2. The zero-order valence-corrected chi connectivity index (χ0v) is 12.6. The summed E-state index contributed by atoms with van der Waals surface area (Å²) in [5, 5.41) is 0. The molecule has 72 valence electrons. The maximum atomic E-state index is 10.5. The molecule has 0 spiro atoms. The third-order valence-corrected chi connectivity index (χ3v) is 3.78. The number of hydrogen-bond donors (Lipinski definition) is 2. The normalized spacial score (nSPS) is 16.9. The SMILES string of the molecule is CC(CCC(C)[P+](=O)O)[P+](=O)O.[Zn]. The van der Waals surface area contributed by atoms with Crippen LogP contribution in [0, 0.1) is 0 Å². The summed E-state index contributed by atoms with van der Waals surface area (Å²) in [4.78, 5) is 17.3. The fraction of sp³-hybridized carbons (Fsp3) is 1.00. The molecule has 7 heteroatoms. The van der Waals surface area contributed by atoms with Crippen molar-refractivity contribution in [3.8, 4) is 0 Å². The average molecular weight is 278 g/mol. The van der Waals surface area contributed by atoms with Crippen LogP contribution in [0.1, 0.15) is 26.7 Å². The molecular formula is C6H14O4P2Zn+2. The molecule has 0 aliphatic carbocycles. The number of hydrogen-bond acceptors (Lipinski definition) is 2. The fourth-order valence-corrected chi connectivity index (χ4v) is 1.44. The van der Waals surface area contributed by atoms with E-state index in [1.54, 1.807) is 13.8 Å². The minimum absolute atomic E-state index is 0. The van der Waals surface area contributed by atoms with Crippen LogP contribution in [-0.2, 0) is 28.6 Å². The summed E-state index contributed by atoms with van der Waals surface area (Å²) in [6.45, 7) is 3.33. The van der Waals surface area contributed by atoms with Crippen LogP contribution in [0.5, 0.6) is 0 Å². The molecule has 0 radical (unpaired) electrons. The molecule has 0 fully saturated rings. The number of rotatable bonds is 5. The van der Waals surface area contributed by atoms with E-state index in [4.69, 9.17) is 9.79 Å². The zero-order chi connectivity index (χ0) is 9.72. The van der Waals surface area contributed by atoms with Gasteiger partial charge in [0.15, 0.2) is 11.3 Å². The first-order valence-electron chi connectivity index (χ1n) is 3.75. The van der Waals surface area contributed by atoms with Crippen LogP contribution in [0.3, 0.4) is 0 Å². The molecule has 0 saturated carbocycles. The van der Waals surface area contributed by atoms with Crippen LogP contribution < -0.4 is 0 Å². The molecule has 0 saturated heterocycles. The molecule has 0 bridgehead atoms. The van der Waals surface area contributed by atoms with Crippen LogP contribution in [0.15, 0.2) is 0 Å². The summed E-state index contributed by atoms with van der Waals surface area (Å²) in [5.74, 6) is 0. The largest absolute Gasteiger partial charge is 0.508 e. The van der Waals surface area contributed by atoms with Crippen molar-refractivity contribution in [2.75, 3.05) is 0 Å². The van der Waals surface area contributed by atoms with Crippen molar-refractivity contribution in [3.05, 3.63) is 0 Å². The van der Waals surface area contributed by atoms with Gasteiger partial charge in [-0.1, -0.05) is 0 Å². The van der Waals surface area contributed by atoms with Gasteiger partial charge < -0.3 is 0 Å². The van der Waals surface area contributed by atoms with Gasteiger partial charge in [0.25, 0.3) is 0 Å². The predicted molar refractivity (Wildman–Crippen MR) is 47.8 cm³/mol. The fourth-order valence-electron chi connectivity index (χ4n) is 0.703. The molecular weight excluding hydrogens is 263 g/mol. The zero-order valence-electron chi connectivity index (χ0n) is 7.88. The van der Waals surface area contributed by atoms with Gasteiger partial charge in [0.1, 0.15) is 0 Å². The molecule has 0 aromatic heterocycles. The molecule has 0 aliphatic rings. The van der Waals surface area contributed by atoms with Crippen molar-refractivity contribution in [2.45, 2.75) is 38.0 Å². The third kappa shape index (κ3) is 7.79. The smallest absolute Gasteiger partial charge is 0.161 e. The first-order valence-corrected chi connectivity index (χ1v) is 6.32. The van der Waals surface area contributed by atoms with E-state index in [-0.39, 0.29) is 30.8 Å². The first kappa shape index (κ1) is 16.2. The van der Waals surface area contributed by atoms with E-state index in [1.807, 2.05) is 0 Å². The van der Waals surface area contributed by atoms with Gasteiger partial charge in [-0.3, -0.25) is 0 Å². The van der Waals surface area contributed by atoms with Crippen LogP contribution in [0.25, 0.3) is 0 Å². The van der Waals surface area contributed by atoms with Gasteiger partial charge >= 0.3 is 16.1 Å². The molecule has 2 N–H and O–H groups in total. The first-order chi connectivity index (χ1) is 5.45. The average Bonchev–Trinajstić information content (AvgIpc) is 1.98. The van der Waals surface area contributed by atoms with Crippen molar-refractivity contribution < 1.29 is 38.4 Å². The molecule has 0 rings (SSSR count). The van der Waals surface area contributed by atoms with Crippen molar-refractivity contribution in [3.63, 3.8) is 0 Å². The molecule has 0 aromatic carbocycles. The van der Waals surface area contributed by atoms with Crippen LogP contribution in [0.2, 0.25) is 0 Å². The van der Waals surface area contributed by atoms with Gasteiger partial charge in [-0.15, -0.1) is 0 Å². The van der Waals surface area contributed by atoms with Crippen LogP contribution >= 0.6 is 16.1 Å². The molecule has 0 aromatic rings. The second kappa shape index (κ2) is 8.08. The monoisotopic (exact) mass is 276 g/mol. The molecule has 4 atom stereocenters. The Morgan fingerprint density at radius 3 is 1.38 bits per heavy atom. The Morgan fingerprint density at radius 2 is 1.23 bits per heavy atom. The Kier molecular flexibility index (Phi) is 10.1.